The van der Waals surface area contributed by atoms with Gasteiger partial charge in [-0.25, -0.2) is 4.98 Å². The standard InChI is InChI=1S/C33H30ClN3O2/c1-22-11-7-8-14-27(22)32(38)36(20-19-25-12-5-4-6-13-25)24(3)31-35-29-16-10-9-15-28(29)33(39)37(31)30-18-17-26(34)21-23(30)2/h4-18,21,24H,19-20H2,1-3H3. The Morgan fingerprint density at radius 3 is 2.33 bits per heavy atom. The molecule has 196 valence electrons. The van der Waals surface area contributed by atoms with Crippen LogP contribution in [0.3, 0.4) is 0 Å². The summed E-state index contributed by atoms with van der Waals surface area (Å²) in [5.74, 6) is 0.400. The summed E-state index contributed by atoms with van der Waals surface area (Å²) in [7, 11) is 0. The van der Waals surface area contributed by atoms with Gasteiger partial charge in [0.25, 0.3) is 11.5 Å². The zero-order valence-electron chi connectivity index (χ0n) is 22.3. The van der Waals surface area contributed by atoms with Crippen molar-refractivity contribution in [3.63, 3.8) is 0 Å². The van der Waals surface area contributed by atoms with Crippen molar-refractivity contribution in [2.45, 2.75) is 33.2 Å². The molecule has 1 heterocycles. The van der Waals surface area contributed by atoms with Crippen LogP contribution in [0.2, 0.25) is 5.02 Å². The summed E-state index contributed by atoms with van der Waals surface area (Å²) in [4.78, 5) is 34.9. The minimum absolute atomic E-state index is 0.0988. The van der Waals surface area contributed by atoms with Crippen molar-refractivity contribution in [3.05, 3.63) is 141 Å². The second-order valence-electron chi connectivity index (χ2n) is 9.78. The van der Waals surface area contributed by atoms with E-state index in [1.54, 1.807) is 16.7 Å². The van der Waals surface area contributed by atoms with E-state index < -0.39 is 6.04 Å². The molecule has 0 aliphatic heterocycles. The molecule has 5 aromatic rings. The van der Waals surface area contributed by atoms with Crippen molar-refractivity contribution in [1.82, 2.24) is 14.5 Å². The van der Waals surface area contributed by atoms with E-state index in [1.165, 1.54) is 0 Å². The average Bonchev–Trinajstić information content (AvgIpc) is 2.94. The number of halogens is 1. The highest BCUT2D eigenvalue weighted by molar-refractivity contribution is 6.30. The lowest BCUT2D eigenvalue weighted by atomic mass is 10.0. The molecule has 4 aromatic carbocycles. The van der Waals surface area contributed by atoms with Gasteiger partial charge in [0.05, 0.1) is 22.6 Å². The largest absolute Gasteiger partial charge is 0.328 e. The molecule has 0 aliphatic rings. The van der Waals surface area contributed by atoms with Crippen LogP contribution in [0.5, 0.6) is 0 Å². The second kappa shape index (κ2) is 11.3. The average molecular weight is 536 g/mol. The lowest BCUT2D eigenvalue weighted by Gasteiger charge is -2.31. The Kier molecular flexibility index (Phi) is 7.62. The van der Waals surface area contributed by atoms with Crippen LogP contribution < -0.4 is 5.56 Å². The van der Waals surface area contributed by atoms with Crippen molar-refractivity contribution in [1.29, 1.82) is 0 Å². The number of nitrogens with zero attached hydrogens (tertiary/aromatic N) is 3. The number of aromatic nitrogens is 2. The number of fused-ring (bicyclic) bond motifs is 1. The summed E-state index contributed by atoms with van der Waals surface area (Å²) in [6, 6.07) is 29.9. The minimum Gasteiger partial charge on any atom is -0.328 e. The van der Waals surface area contributed by atoms with E-state index >= 15 is 0 Å². The number of hydrogen-bond acceptors (Lipinski definition) is 3. The summed E-state index contributed by atoms with van der Waals surface area (Å²) in [5.41, 5.74) is 4.61. The Morgan fingerprint density at radius 2 is 1.59 bits per heavy atom. The number of carbonyl (C=O) groups is 1. The Labute approximate surface area is 233 Å². The molecule has 5 nitrogen and oxygen atoms in total. The van der Waals surface area contributed by atoms with Gasteiger partial charge in [0.15, 0.2) is 0 Å². The van der Waals surface area contributed by atoms with Crippen LogP contribution in [0.25, 0.3) is 16.6 Å². The van der Waals surface area contributed by atoms with Crippen LogP contribution in [-0.4, -0.2) is 26.9 Å². The van der Waals surface area contributed by atoms with Crippen molar-refractivity contribution >= 4 is 28.4 Å². The summed E-state index contributed by atoms with van der Waals surface area (Å²) in [5, 5.41) is 1.11. The van der Waals surface area contributed by atoms with Crippen LogP contribution in [0.15, 0.2) is 102 Å². The summed E-state index contributed by atoms with van der Waals surface area (Å²) in [6.07, 6.45) is 0.667. The fourth-order valence-electron chi connectivity index (χ4n) is 5.00. The normalized spacial score (nSPS) is 11.9. The van der Waals surface area contributed by atoms with E-state index in [2.05, 4.69) is 12.1 Å². The van der Waals surface area contributed by atoms with E-state index in [1.807, 2.05) is 98.5 Å². The highest BCUT2D eigenvalue weighted by Gasteiger charge is 2.28. The quantitative estimate of drug-likeness (QED) is 0.223. The van der Waals surface area contributed by atoms with E-state index in [0.29, 0.717) is 46.0 Å². The van der Waals surface area contributed by atoms with Crippen LogP contribution in [0.4, 0.5) is 0 Å². The highest BCUT2D eigenvalue weighted by atomic mass is 35.5. The maximum atomic E-state index is 14.1. The monoisotopic (exact) mass is 535 g/mol. The van der Waals surface area contributed by atoms with Crippen molar-refractivity contribution in [2.75, 3.05) is 6.54 Å². The first-order valence-corrected chi connectivity index (χ1v) is 13.4. The van der Waals surface area contributed by atoms with E-state index in [0.717, 1.165) is 16.7 Å². The molecular weight excluding hydrogens is 506 g/mol. The van der Waals surface area contributed by atoms with Gasteiger partial charge in [-0.05, 0) is 80.3 Å². The molecule has 0 aliphatic carbocycles. The summed E-state index contributed by atoms with van der Waals surface area (Å²) < 4.78 is 1.64. The van der Waals surface area contributed by atoms with Gasteiger partial charge >= 0.3 is 0 Å². The molecule has 1 aromatic heterocycles. The molecule has 0 radical (unpaired) electrons. The predicted octanol–water partition coefficient (Wildman–Crippen LogP) is 7.10. The first-order valence-electron chi connectivity index (χ1n) is 13.0. The molecule has 1 amide bonds. The van der Waals surface area contributed by atoms with Gasteiger partial charge in [0.2, 0.25) is 0 Å². The molecule has 0 bridgehead atoms. The number of carbonyl (C=O) groups excluding carboxylic acids is 1. The zero-order valence-corrected chi connectivity index (χ0v) is 23.0. The SMILES string of the molecule is Cc1ccccc1C(=O)N(CCc1ccccc1)C(C)c1nc2ccccc2c(=O)n1-c1ccc(Cl)cc1C. The highest BCUT2D eigenvalue weighted by Crippen LogP contribution is 2.27. The molecule has 0 N–H and O–H groups in total. The van der Waals surface area contributed by atoms with Crippen molar-refractivity contribution in [2.24, 2.45) is 0 Å². The topological polar surface area (TPSA) is 55.2 Å². The second-order valence-corrected chi connectivity index (χ2v) is 10.2. The third-order valence-corrected chi connectivity index (χ3v) is 7.40. The first kappa shape index (κ1) is 26.4. The molecule has 39 heavy (non-hydrogen) atoms. The molecular formula is C33H30ClN3O2. The number of aryl methyl sites for hydroxylation is 2. The molecule has 5 rings (SSSR count). The first-order chi connectivity index (χ1) is 18.8. The Morgan fingerprint density at radius 1 is 0.897 bits per heavy atom. The summed E-state index contributed by atoms with van der Waals surface area (Å²) in [6.45, 7) is 6.26. The number of para-hydroxylation sites is 1. The Hall–Kier alpha value is -4.22. The van der Waals surface area contributed by atoms with Crippen molar-refractivity contribution in [3.8, 4) is 5.69 Å². The molecule has 0 spiro atoms. The molecule has 0 saturated carbocycles. The van der Waals surface area contributed by atoms with Gasteiger partial charge in [0.1, 0.15) is 5.82 Å². The van der Waals surface area contributed by atoms with Crippen LogP contribution >= 0.6 is 11.6 Å². The molecule has 6 heteroatoms. The lowest BCUT2D eigenvalue weighted by Crippen LogP contribution is -2.39. The fraction of sp³-hybridized carbons (Fsp3) is 0.182. The van der Waals surface area contributed by atoms with Gasteiger partial charge in [-0.3, -0.25) is 14.2 Å². The van der Waals surface area contributed by atoms with Crippen LogP contribution in [0.1, 0.15) is 45.8 Å². The Balaban J connectivity index is 1.68. The van der Waals surface area contributed by atoms with Crippen molar-refractivity contribution < 1.29 is 4.79 Å². The number of rotatable bonds is 7. The van der Waals surface area contributed by atoms with E-state index in [-0.39, 0.29) is 11.5 Å². The molecule has 1 unspecified atom stereocenters. The van der Waals surface area contributed by atoms with E-state index in [4.69, 9.17) is 16.6 Å². The number of benzene rings is 4. The van der Waals surface area contributed by atoms with Gasteiger partial charge in [-0.1, -0.05) is 72.3 Å². The molecule has 0 fully saturated rings. The minimum atomic E-state index is -0.506. The summed E-state index contributed by atoms with van der Waals surface area (Å²) >= 11 is 6.26. The number of hydrogen-bond donors (Lipinski definition) is 0. The van der Waals surface area contributed by atoms with Gasteiger partial charge in [0, 0.05) is 17.1 Å². The van der Waals surface area contributed by atoms with Gasteiger partial charge in [-0.2, -0.15) is 0 Å². The third-order valence-electron chi connectivity index (χ3n) is 7.16. The Bertz CT molecular complexity index is 1710. The van der Waals surface area contributed by atoms with Crippen LogP contribution in [0, 0.1) is 13.8 Å². The zero-order chi connectivity index (χ0) is 27.5. The maximum absolute atomic E-state index is 14.1. The van der Waals surface area contributed by atoms with Gasteiger partial charge < -0.3 is 4.90 Å². The lowest BCUT2D eigenvalue weighted by molar-refractivity contribution is 0.0683. The number of amides is 1. The van der Waals surface area contributed by atoms with Crippen LogP contribution in [-0.2, 0) is 6.42 Å². The fourth-order valence-corrected chi connectivity index (χ4v) is 5.23. The van der Waals surface area contributed by atoms with Gasteiger partial charge in [-0.15, -0.1) is 0 Å². The third kappa shape index (κ3) is 5.36. The molecule has 0 saturated heterocycles. The maximum Gasteiger partial charge on any atom is 0.266 e. The predicted molar refractivity (Wildman–Crippen MR) is 158 cm³/mol. The molecule has 1 atom stereocenters. The smallest absolute Gasteiger partial charge is 0.266 e. The van der Waals surface area contributed by atoms with E-state index in [9.17, 15) is 9.59 Å².